The van der Waals surface area contributed by atoms with E-state index in [0.717, 1.165) is 73.0 Å². The van der Waals surface area contributed by atoms with Gasteiger partial charge in [-0.3, -0.25) is 0 Å². The lowest BCUT2D eigenvalue weighted by molar-refractivity contribution is -0.146. The fourth-order valence-electron chi connectivity index (χ4n) is 20.1. The van der Waals surface area contributed by atoms with Gasteiger partial charge in [0, 0.05) is 0 Å². The van der Waals surface area contributed by atoms with E-state index in [4.69, 9.17) is 27.1 Å². The summed E-state index contributed by atoms with van der Waals surface area (Å²) < 4.78 is 46.8. The highest BCUT2D eigenvalue weighted by Gasteiger charge is 2.64. The summed E-state index contributed by atoms with van der Waals surface area (Å²) in [4.78, 5) is 0. The van der Waals surface area contributed by atoms with Crippen LogP contribution in [0.25, 0.3) is 0 Å². The molecule has 11 fully saturated rings. The maximum absolute atomic E-state index is 7.85. The van der Waals surface area contributed by atoms with E-state index in [1.54, 1.807) is 0 Å². The lowest BCUT2D eigenvalue weighted by atomic mass is 9.47. The van der Waals surface area contributed by atoms with Gasteiger partial charge in [-0.1, -0.05) is 173 Å². The van der Waals surface area contributed by atoms with Crippen LogP contribution in [0, 0.1) is 116 Å². The number of fused-ring (bicyclic) bond motifs is 14. The number of rotatable bonds is 4. The molecule has 400 valence electrons. The predicted octanol–water partition coefficient (Wildman–Crippen LogP) is 18.3. The molecule has 11 rings (SSSR count). The first-order valence-corrected chi connectivity index (χ1v) is 33.0. The number of hydrogen-bond acceptors (Lipinski definition) is 6. The second-order valence-electron chi connectivity index (χ2n) is 31.3. The molecule has 2 aliphatic heterocycles. The van der Waals surface area contributed by atoms with E-state index in [-0.39, 0.29) is 58.3 Å². The molecule has 6 nitrogen and oxygen atoms in total. The van der Waals surface area contributed by atoms with Gasteiger partial charge in [-0.15, -0.1) is 0 Å². The second kappa shape index (κ2) is 20.4. The Labute approximate surface area is 432 Å². The van der Waals surface area contributed by atoms with Gasteiger partial charge in [0.1, 0.15) is 0 Å². The summed E-state index contributed by atoms with van der Waals surface area (Å²) >= 11 is 0. The Kier molecular flexibility index (Phi) is 15.4. The first-order chi connectivity index (χ1) is 33.2. The third-order valence-corrected chi connectivity index (χ3v) is 26.0. The highest BCUT2D eigenvalue weighted by Crippen LogP contribution is 2.70. The summed E-state index contributed by atoms with van der Waals surface area (Å²) in [6, 6.07) is 0. The van der Waals surface area contributed by atoms with Crippen LogP contribution in [0.2, 0.25) is 0 Å². The highest BCUT2D eigenvalue weighted by molar-refractivity contribution is 7.42. The largest absolute Gasteiger partial charge is 0.333 e. The fraction of sp³-hybridized carbons (Fsp3) is 1.00. The van der Waals surface area contributed by atoms with Crippen molar-refractivity contribution >= 4 is 17.2 Å². The topological polar surface area (TPSA) is 55.4 Å². The maximum atomic E-state index is 7.85. The van der Waals surface area contributed by atoms with Gasteiger partial charge in [0.2, 0.25) is 0 Å². The van der Waals surface area contributed by atoms with Crippen molar-refractivity contribution < 1.29 is 27.1 Å². The molecule has 9 saturated carbocycles. The summed E-state index contributed by atoms with van der Waals surface area (Å²) in [5.41, 5.74) is 0.621. The molecule has 0 N–H and O–H groups in total. The zero-order chi connectivity index (χ0) is 49.1. The van der Waals surface area contributed by atoms with Crippen LogP contribution < -0.4 is 0 Å². The van der Waals surface area contributed by atoms with Crippen LogP contribution in [0.1, 0.15) is 237 Å². The molecule has 11 aliphatic rings. The Balaban J connectivity index is 0.937. The maximum Gasteiger partial charge on any atom is 0.333 e. The molecule has 8 heteroatoms. The van der Waals surface area contributed by atoms with E-state index in [1.807, 2.05) is 0 Å². The van der Waals surface area contributed by atoms with E-state index in [9.17, 15) is 0 Å². The monoisotopic (exact) mass is 1010 g/mol. The van der Waals surface area contributed by atoms with Crippen molar-refractivity contribution in [1.82, 2.24) is 0 Å². The van der Waals surface area contributed by atoms with Gasteiger partial charge in [-0.25, -0.2) is 0 Å². The van der Waals surface area contributed by atoms with E-state index in [1.165, 1.54) is 128 Å². The van der Waals surface area contributed by atoms with Crippen molar-refractivity contribution in [3.8, 4) is 0 Å². The van der Waals surface area contributed by atoms with Gasteiger partial charge in [-0.05, 0) is 181 Å². The van der Waals surface area contributed by atoms with Crippen molar-refractivity contribution in [3.05, 3.63) is 0 Å². The first kappa shape index (κ1) is 52.7. The molecule has 0 aromatic carbocycles. The normalized spacial score (nSPS) is 50.2. The van der Waals surface area contributed by atoms with Crippen LogP contribution in [0.3, 0.4) is 0 Å². The molecule has 0 radical (unpaired) electrons. The first-order valence-electron chi connectivity index (χ1n) is 30.8. The van der Waals surface area contributed by atoms with Crippen LogP contribution in [0.15, 0.2) is 0 Å². The van der Waals surface area contributed by atoms with E-state index < -0.39 is 17.2 Å². The summed E-state index contributed by atoms with van der Waals surface area (Å²) in [6.45, 7) is 30.3. The molecule has 0 bridgehead atoms. The Morgan fingerprint density at radius 1 is 0.300 bits per heavy atom. The zero-order valence-electron chi connectivity index (χ0n) is 47.0. The predicted molar refractivity (Wildman–Crippen MR) is 288 cm³/mol. The third kappa shape index (κ3) is 10.2. The highest BCUT2D eigenvalue weighted by atomic mass is 31.2. The fourth-order valence-corrected chi connectivity index (χ4v) is 23.2. The van der Waals surface area contributed by atoms with Gasteiger partial charge in [-0.2, -0.15) is 0 Å². The van der Waals surface area contributed by atoms with Gasteiger partial charge in [0.25, 0.3) is 0 Å². The lowest BCUT2D eigenvalue weighted by Gasteiger charge is -2.59. The van der Waals surface area contributed by atoms with Crippen LogP contribution in [0.5, 0.6) is 0 Å². The van der Waals surface area contributed by atoms with E-state index >= 15 is 0 Å². The lowest BCUT2D eigenvalue weighted by Crippen LogP contribution is -2.58. The SMILES string of the molecule is CC(C)(C)C1CC2CCCCC2C2C1OP(OC1CCCCC1OP1OC3C(C4CCCCC4CC3C(C)(C)C)C3C4CCCCC4C[C@@H](C(C)(C)C)C3O1)OC1C2C2CCCCC2C[C@H]1C(C)(C)C. The minimum absolute atomic E-state index is 0.0855. The van der Waals surface area contributed by atoms with Gasteiger partial charge < -0.3 is 27.1 Å². The molecular formula is C62H106O6P2. The summed E-state index contributed by atoms with van der Waals surface area (Å²) in [7, 11) is -3.21. The van der Waals surface area contributed by atoms with Crippen LogP contribution in [-0.2, 0) is 27.1 Å². The van der Waals surface area contributed by atoms with Crippen molar-refractivity contribution in [3.63, 3.8) is 0 Å². The van der Waals surface area contributed by atoms with Crippen molar-refractivity contribution in [2.45, 2.75) is 274 Å². The molecule has 0 spiro atoms. The second-order valence-corrected chi connectivity index (χ2v) is 33.4. The van der Waals surface area contributed by atoms with Gasteiger partial charge in [0.15, 0.2) is 0 Å². The molecule has 0 aromatic heterocycles. The molecule has 24 atom stereocenters. The van der Waals surface area contributed by atoms with E-state index in [0.29, 0.717) is 47.3 Å². The quantitative estimate of drug-likeness (QED) is 0.262. The molecule has 70 heavy (non-hydrogen) atoms. The molecule has 2 heterocycles. The zero-order valence-corrected chi connectivity index (χ0v) is 48.8. The van der Waals surface area contributed by atoms with Crippen molar-refractivity contribution in [2.75, 3.05) is 0 Å². The molecule has 9 aliphatic carbocycles. The van der Waals surface area contributed by atoms with Gasteiger partial charge in [0.05, 0.1) is 36.6 Å². The Morgan fingerprint density at radius 3 is 0.743 bits per heavy atom. The average Bonchev–Trinajstić information content (AvgIpc) is 3.58. The standard InChI is InChI=1S/C62H106O6P2/c1-59(2,3)45-33-37-23-13-17-27-41(37)51-52-42-28-18-14-24-38(42)34-46(60(4,5)6)56(52)66-69(65-55(45)51)63-49-31-21-22-32-50(49)64-70-67-57-47(61(7,8)9)35-39-25-15-19-29-43(39)53(57)54-44-30-20-16-26-40(44)36-48(58(54)68-70)62(10,11)12/h37-58H,13-36H2,1-12H3/t37?,38?,39?,40?,41?,42?,43?,44?,45-,46?,47-,48?,49?,50?,51?,52?,53?,54?,55?,56?,57?,58?,69?,70?/m1/s1. The molecule has 22 unspecified atom stereocenters. The van der Waals surface area contributed by atoms with E-state index in [2.05, 4.69) is 83.1 Å². The van der Waals surface area contributed by atoms with Crippen LogP contribution >= 0.6 is 17.2 Å². The van der Waals surface area contributed by atoms with Crippen LogP contribution in [-0.4, -0.2) is 36.6 Å². The molecule has 0 amide bonds. The smallest absolute Gasteiger partial charge is 0.308 e. The van der Waals surface area contributed by atoms with Crippen molar-refractivity contribution in [2.24, 2.45) is 116 Å². The summed E-state index contributed by atoms with van der Waals surface area (Å²) in [5, 5.41) is 0. The van der Waals surface area contributed by atoms with Crippen molar-refractivity contribution in [1.29, 1.82) is 0 Å². The van der Waals surface area contributed by atoms with Gasteiger partial charge >= 0.3 is 17.2 Å². The molecule has 2 saturated heterocycles. The minimum Gasteiger partial charge on any atom is -0.308 e. The molecular weight excluding hydrogens is 903 g/mol. The minimum atomic E-state index is -1.60. The molecule has 0 aromatic rings. The Hall–Kier alpha value is 0.620. The Morgan fingerprint density at radius 2 is 0.514 bits per heavy atom. The average molecular weight is 1010 g/mol. The Bertz CT molecular complexity index is 1520. The summed E-state index contributed by atoms with van der Waals surface area (Å²) in [6.07, 6.45) is 32.4. The number of hydrogen-bond donors (Lipinski definition) is 0. The summed E-state index contributed by atoms with van der Waals surface area (Å²) in [5.74, 6) is 10.5. The van der Waals surface area contributed by atoms with Crippen LogP contribution in [0.4, 0.5) is 0 Å². The third-order valence-electron chi connectivity index (χ3n) is 23.4.